The number of aromatic amines is 1. The number of ether oxygens (including phenoxy) is 2. The average Bonchev–Trinajstić information content (AvgIpc) is 3.14. The number of esters is 1. The number of nitrogen functional groups attached to an aromatic ring is 1. The number of alkyl halides is 1. The van der Waals surface area contributed by atoms with Crippen LogP contribution in [0.5, 0.6) is 5.75 Å². The number of hydrogen-bond donors (Lipinski definition) is 5. The molecule has 3 aromatic rings. The molecule has 0 bridgehead atoms. The van der Waals surface area contributed by atoms with E-state index >= 15 is 4.39 Å². The summed E-state index contributed by atoms with van der Waals surface area (Å²) in [4.78, 5) is 23.4. The van der Waals surface area contributed by atoms with Gasteiger partial charge in [0.2, 0.25) is 17.4 Å². The molecule has 1 saturated heterocycles. The van der Waals surface area contributed by atoms with Crippen LogP contribution in [0.25, 0.3) is 11.2 Å². The highest BCUT2D eigenvalue weighted by molar-refractivity contribution is 7.52. The maximum atomic E-state index is 16.4. The minimum Gasteiger partial charge on any atom is -0.465 e. The average molecular weight is 567 g/mol. The van der Waals surface area contributed by atoms with E-state index in [1.54, 1.807) is 32.2 Å². The van der Waals surface area contributed by atoms with Gasteiger partial charge in [-0.05, 0) is 32.9 Å². The molecule has 7 unspecified atom stereocenters. The van der Waals surface area contributed by atoms with Gasteiger partial charge in [-0.25, -0.2) is 13.5 Å². The molecule has 39 heavy (non-hydrogen) atoms. The number of para-hydroxylation sites is 1. The first-order chi connectivity index (χ1) is 18.4. The summed E-state index contributed by atoms with van der Waals surface area (Å²) in [6.07, 6.45) is -2.53. The molecule has 3 heterocycles. The smallest absolute Gasteiger partial charge is 0.459 e. The summed E-state index contributed by atoms with van der Waals surface area (Å²) in [6, 6.07) is 6.97. The lowest BCUT2D eigenvalue weighted by molar-refractivity contribution is -0.751. The van der Waals surface area contributed by atoms with Gasteiger partial charge in [-0.2, -0.15) is 10.1 Å². The highest BCUT2D eigenvalue weighted by Gasteiger charge is 2.86. The van der Waals surface area contributed by atoms with Crippen LogP contribution in [0.3, 0.4) is 0 Å². The standard InChI is InChI=1S/C23H29FN7O7P/c1-5-35-19(32)12(2)30-39(34,37-13-9-7-6-8-10-13)38-16-15-23(16,33)22(3,24)20(36-15)31-11-27-14-17(26-4)28-21(25)29-18(14)31/h6-12,15-16,20,33H,5H2,1-4H3,(H4,25,26,28,29,30,34)/p+1. The number of aromatic nitrogens is 4. The van der Waals surface area contributed by atoms with E-state index in [-0.39, 0.29) is 24.0 Å². The molecule has 1 saturated carbocycles. The van der Waals surface area contributed by atoms with E-state index in [2.05, 4.69) is 25.4 Å². The first-order valence-corrected chi connectivity index (χ1v) is 13.8. The summed E-state index contributed by atoms with van der Waals surface area (Å²) in [6.45, 7) is 4.29. The lowest BCUT2D eigenvalue weighted by atomic mass is 9.97. The van der Waals surface area contributed by atoms with E-state index in [0.717, 1.165) is 6.92 Å². The topological polar surface area (TPSA) is 187 Å². The van der Waals surface area contributed by atoms with Crippen molar-refractivity contribution in [1.82, 2.24) is 20.0 Å². The van der Waals surface area contributed by atoms with Gasteiger partial charge in [0.25, 0.3) is 5.95 Å². The monoisotopic (exact) mass is 566 g/mol. The van der Waals surface area contributed by atoms with Crippen molar-refractivity contribution >= 4 is 36.6 Å². The number of rotatable bonds is 10. The molecule has 0 spiro atoms. The van der Waals surface area contributed by atoms with Gasteiger partial charge in [0.15, 0.2) is 17.7 Å². The van der Waals surface area contributed by atoms with E-state index in [9.17, 15) is 14.5 Å². The van der Waals surface area contributed by atoms with Crippen LogP contribution in [0.15, 0.2) is 36.7 Å². The number of carbonyl (C=O) groups is 1. The van der Waals surface area contributed by atoms with E-state index in [4.69, 9.17) is 24.3 Å². The van der Waals surface area contributed by atoms with Gasteiger partial charge in [0.05, 0.1) is 6.61 Å². The Morgan fingerprint density at radius 1 is 1.38 bits per heavy atom. The second kappa shape index (κ2) is 9.68. The fourth-order valence-corrected chi connectivity index (χ4v) is 6.42. The molecule has 0 radical (unpaired) electrons. The van der Waals surface area contributed by atoms with E-state index in [1.165, 1.54) is 30.0 Å². The third-order valence-corrected chi connectivity index (χ3v) is 8.42. The number of fused-ring (bicyclic) bond motifs is 2. The molecule has 6 N–H and O–H groups in total. The number of H-pyrrole nitrogens is 1. The number of nitrogens with two attached hydrogens (primary N) is 1. The van der Waals surface area contributed by atoms with Gasteiger partial charge in [-0.15, -0.1) is 0 Å². The SMILES string of the molecule is CCOC(=O)C(C)NP(=O)(Oc1ccccc1)OC1C2OC([n+]3c[nH]c4c(NC)nc(N)nc43)C(C)(F)C21O. The van der Waals surface area contributed by atoms with Gasteiger partial charge in [0, 0.05) is 7.05 Å². The van der Waals surface area contributed by atoms with Gasteiger partial charge >= 0.3 is 19.4 Å². The summed E-state index contributed by atoms with van der Waals surface area (Å²) in [5.41, 5.74) is 1.85. The second-order valence-electron chi connectivity index (χ2n) is 9.40. The minimum atomic E-state index is -4.37. The molecular weight excluding hydrogens is 536 g/mol. The summed E-state index contributed by atoms with van der Waals surface area (Å²) >= 11 is 0. The van der Waals surface area contributed by atoms with E-state index in [1.807, 2.05) is 0 Å². The van der Waals surface area contributed by atoms with Crippen LogP contribution in [0.2, 0.25) is 0 Å². The highest BCUT2D eigenvalue weighted by atomic mass is 31.2. The van der Waals surface area contributed by atoms with Crippen LogP contribution >= 0.6 is 7.75 Å². The van der Waals surface area contributed by atoms with Crippen LogP contribution < -0.4 is 25.2 Å². The lowest BCUT2D eigenvalue weighted by Gasteiger charge is -2.30. The highest BCUT2D eigenvalue weighted by Crippen LogP contribution is 2.65. The van der Waals surface area contributed by atoms with Crippen LogP contribution in [0.1, 0.15) is 27.0 Å². The molecule has 1 aliphatic heterocycles. The van der Waals surface area contributed by atoms with Crippen molar-refractivity contribution < 1.29 is 41.9 Å². The molecule has 1 aliphatic carbocycles. The summed E-state index contributed by atoms with van der Waals surface area (Å²) in [5.74, 6) is -0.196. The summed E-state index contributed by atoms with van der Waals surface area (Å²) < 4.78 is 53.8. The number of halogens is 1. The molecule has 1 aromatic carbocycles. The zero-order valence-electron chi connectivity index (χ0n) is 21.6. The zero-order chi connectivity index (χ0) is 28.2. The predicted molar refractivity (Wildman–Crippen MR) is 135 cm³/mol. The van der Waals surface area contributed by atoms with Crippen LogP contribution in [-0.2, 0) is 23.4 Å². The fourth-order valence-electron chi connectivity index (χ4n) is 4.72. The Hall–Kier alpha value is -3.36. The van der Waals surface area contributed by atoms with Gasteiger partial charge < -0.3 is 30.2 Å². The largest absolute Gasteiger partial charge is 0.465 e. The number of aliphatic hydroxyl groups is 1. The van der Waals surface area contributed by atoms with Gasteiger partial charge in [-0.3, -0.25) is 14.3 Å². The molecular formula is C23H30FN7O7P+. The van der Waals surface area contributed by atoms with Crippen LogP contribution in [-0.4, -0.2) is 69.2 Å². The number of nitrogens with zero attached hydrogens (tertiary/aromatic N) is 3. The zero-order valence-corrected chi connectivity index (χ0v) is 22.5. The Morgan fingerprint density at radius 3 is 2.72 bits per heavy atom. The predicted octanol–water partition coefficient (Wildman–Crippen LogP) is 1.35. The van der Waals surface area contributed by atoms with Crippen molar-refractivity contribution in [2.45, 2.75) is 56.5 Å². The summed E-state index contributed by atoms with van der Waals surface area (Å²) in [5, 5.41) is 16.8. The molecule has 2 aromatic heterocycles. The Kier molecular flexibility index (Phi) is 6.75. The van der Waals surface area contributed by atoms with Gasteiger partial charge in [-0.1, -0.05) is 23.2 Å². The molecule has 2 aliphatic rings. The molecule has 7 atom stereocenters. The molecule has 2 fully saturated rings. The van der Waals surface area contributed by atoms with Crippen molar-refractivity contribution in [3.05, 3.63) is 36.7 Å². The third kappa shape index (κ3) is 4.49. The Morgan fingerprint density at radius 2 is 2.10 bits per heavy atom. The first kappa shape index (κ1) is 27.2. The molecule has 16 heteroatoms. The maximum Gasteiger partial charge on any atom is 0.459 e. The van der Waals surface area contributed by atoms with Crippen molar-refractivity contribution in [2.75, 3.05) is 24.7 Å². The third-order valence-electron chi connectivity index (χ3n) is 6.76. The minimum absolute atomic E-state index is 0.0513. The van der Waals surface area contributed by atoms with Crippen molar-refractivity contribution in [3.63, 3.8) is 0 Å². The molecule has 210 valence electrons. The quantitative estimate of drug-likeness (QED) is 0.135. The number of carbonyl (C=O) groups excluding carboxylic acids is 1. The van der Waals surface area contributed by atoms with E-state index in [0.29, 0.717) is 11.3 Å². The van der Waals surface area contributed by atoms with Gasteiger partial charge in [0.1, 0.15) is 24.0 Å². The lowest BCUT2D eigenvalue weighted by Crippen LogP contribution is -2.55. The second-order valence-corrected chi connectivity index (χ2v) is 11.0. The first-order valence-electron chi connectivity index (χ1n) is 12.2. The number of benzene rings is 1. The fraction of sp³-hybridized carbons (Fsp3) is 0.478. The van der Waals surface area contributed by atoms with Crippen molar-refractivity contribution in [3.8, 4) is 5.75 Å². The normalized spacial score (nSPS) is 29.8. The Labute approximate surface area is 222 Å². The number of imidazole rings is 1. The van der Waals surface area contributed by atoms with Crippen LogP contribution in [0, 0.1) is 0 Å². The Bertz CT molecular complexity index is 1440. The van der Waals surface area contributed by atoms with Crippen molar-refractivity contribution in [2.24, 2.45) is 0 Å². The van der Waals surface area contributed by atoms with Crippen LogP contribution in [0.4, 0.5) is 16.2 Å². The number of anilines is 2. The molecule has 14 nitrogen and oxygen atoms in total. The summed E-state index contributed by atoms with van der Waals surface area (Å²) in [7, 11) is -2.73. The number of nitrogens with one attached hydrogen (secondary N) is 3. The van der Waals surface area contributed by atoms with Crippen molar-refractivity contribution in [1.29, 1.82) is 0 Å². The maximum absolute atomic E-state index is 16.4. The number of hydrogen-bond acceptors (Lipinski definition) is 11. The molecule has 0 amide bonds. The Balaban J connectivity index is 1.41. The molecule has 5 rings (SSSR count). The van der Waals surface area contributed by atoms with E-state index < -0.39 is 49.5 Å².